The number of aromatic amines is 2. The monoisotopic (exact) mass is 1020 g/mol. The predicted octanol–water partition coefficient (Wildman–Crippen LogP) is -1.29. The predicted molar refractivity (Wildman–Crippen MR) is 274 cm³/mol. The fourth-order valence-corrected chi connectivity index (χ4v) is 8.45. The molecule has 398 valence electrons. The maximum Gasteiger partial charge on any atom is 0.246 e. The van der Waals surface area contributed by atoms with Crippen LogP contribution in [0.5, 0.6) is 0 Å². The summed E-state index contributed by atoms with van der Waals surface area (Å²) in [4.78, 5) is 140. The molecule has 1 fully saturated rings. The Balaban J connectivity index is 1.55. The molecule has 1 aliphatic heterocycles. The highest BCUT2D eigenvalue weighted by Gasteiger charge is 2.35. The summed E-state index contributed by atoms with van der Waals surface area (Å²) < 4.78 is 0. The zero-order valence-electron chi connectivity index (χ0n) is 41.7. The fraction of sp³-hybridized carbons (Fsp3) is 0.460. The Hall–Kier alpha value is -8.31. The number of hydrogen-bond donors (Lipinski definition) is 12. The van der Waals surface area contributed by atoms with Crippen molar-refractivity contribution >= 4 is 70.0 Å². The second-order valence-electron chi connectivity index (χ2n) is 18.2. The quantitative estimate of drug-likeness (QED) is 0.0354. The first-order valence-electron chi connectivity index (χ1n) is 24.8. The molecule has 0 aliphatic carbocycles. The Morgan fingerprint density at radius 1 is 0.757 bits per heavy atom. The Morgan fingerprint density at radius 2 is 1.41 bits per heavy atom. The van der Waals surface area contributed by atoms with Crippen LogP contribution in [0.25, 0.3) is 10.9 Å². The summed E-state index contributed by atoms with van der Waals surface area (Å²) in [5, 5.41) is 19.8. The number of nitrogens with two attached hydrogens (primary N) is 3. The third-order valence-corrected chi connectivity index (χ3v) is 12.3. The van der Waals surface area contributed by atoms with E-state index in [1.807, 2.05) is 31.2 Å². The number of fused-ring (bicyclic) bond motifs is 1. The van der Waals surface area contributed by atoms with Gasteiger partial charge in [-0.15, -0.1) is 0 Å². The third-order valence-electron chi connectivity index (χ3n) is 12.3. The first-order valence-corrected chi connectivity index (χ1v) is 24.8. The number of benzene rings is 2. The number of hydrogen-bond acceptors (Lipinski definition) is 11. The molecule has 3 heterocycles. The number of guanidine groups is 1. The van der Waals surface area contributed by atoms with E-state index in [2.05, 4.69) is 57.2 Å². The van der Waals surface area contributed by atoms with Crippen LogP contribution in [-0.4, -0.2) is 141 Å². The van der Waals surface area contributed by atoms with E-state index in [0.717, 1.165) is 15.8 Å². The van der Waals surface area contributed by atoms with Crippen molar-refractivity contribution in [3.05, 3.63) is 90.1 Å². The highest BCUT2D eigenvalue weighted by molar-refractivity contribution is 5.98. The first-order chi connectivity index (χ1) is 35.5. The van der Waals surface area contributed by atoms with Gasteiger partial charge in [0, 0.05) is 68.3 Å². The van der Waals surface area contributed by atoms with E-state index in [1.54, 1.807) is 36.5 Å². The second kappa shape index (κ2) is 28.7. The first kappa shape index (κ1) is 56.6. The molecule has 0 radical (unpaired) electrons. The molecule has 0 unspecified atom stereocenters. The SMILES string of the molecule is CCCC[C@H](NC(C)=O)C(=O)N1CC(=O)NCCCC[C@@H](C(N)=O)NC(=O)[C@H](Cc2c[nH]c3ccccc23)NC(=O)[C@H](CCCN=C(N)N)NC(=O)[C@@H](Cc2ccccc2)NC(=O)[C@H](Cc2cnc[nH]2)NC(=O)C1. The number of carbonyl (C=O) groups is 9. The Labute approximate surface area is 428 Å². The van der Waals surface area contributed by atoms with Gasteiger partial charge in [0.2, 0.25) is 53.2 Å². The van der Waals surface area contributed by atoms with Gasteiger partial charge in [0.05, 0.1) is 6.33 Å². The van der Waals surface area contributed by atoms with Gasteiger partial charge in [-0.2, -0.15) is 0 Å². The maximum absolute atomic E-state index is 14.7. The van der Waals surface area contributed by atoms with Crippen molar-refractivity contribution in [2.24, 2.45) is 22.2 Å². The van der Waals surface area contributed by atoms with Crippen LogP contribution in [0.1, 0.15) is 82.0 Å². The molecule has 1 saturated heterocycles. The van der Waals surface area contributed by atoms with E-state index >= 15 is 0 Å². The number of carbonyl (C=O) groups excluding carboxylic acids is 9. The molecule has 0 spiro atoms. The Morgan fingerprint density at radius 3 is 2.08 bits per heavy atom. The minimum atomic E-state index is -1.40. The molecule has 5 rings (SSSR count). The molecular weight excluding hydrogens is 955 g/mol. The molecule has 9 amide bonds. The van der Waals surface area contributed by atoms with Crippen molar-refractivity contribution in [3.8, 4) is 0 Å². The summed E-state index contributed by atoms with van der Waals surface area (Å²) in [6.07, 6.45) is 6.37. The van der Waals surface area contributed by atoms with Crippen LogP contribution in [0.4, 0.5) is 0 Å². The summed E-state index contributed by atoms with van der Waals surface area (Å²) in [5.41, 5.74) is 19.4. The summed E-state index contributed by atoms with van der Waals surface area (Å²) in [5.74, 6) is -6.93. The minimum absolute atomic E-state index is 0.0444. The highest BCUT2D eigenvalue weighted by atomic mass is 16.2. The average molecular weight is 1020 g/mol. The van der Waals surface area contributed by atoms with Crippen LogP contribution in [-0.2, 0) is 62.4 Å². The molecule has 74 heavy (non-hydrogen) atoms. The van der Waals surface area contributed by atoms with Gasteiger partial charge in [-0.3, -0.25) is 48.1 Å². The molecule has 2 aromatic heterocycles. The molecule has 0 saturated carbocycles. The molecule has 15 N–H and O–H groups in total. The van der Waals surface area contributed by atoms with Crippen molar-refractivity contribution in [3.63, 3.8) is 0 Å². The zero-order chi connectivity index (χ0) is 53.6. The number of aromatic nitrogens is 3. The van der Waals surface area contributed by atoms with E-state index in [0.29, 0.717) is 29.7 Å². The highest BCUT2D eigenvalue weighted by Crippen LogP contribution is 2.20. The topological polar surface area (TPSA) is 376 Å². The molecule has 24 heteroatoms. The number of imidazole rings is 1. The number of H-pyrrole nitrogens is 2. The molecule has 4 aromatic rings. The molecular formula is C50H69N15O9. The summed E-state index contributed by atoms with van der Waals surface area (Å²) in [6.45, 7) is 1.95. The van der Waals surface area contributed by atoms with Gasteiger partial charge in [0.25, 0.3) is 0 Å². The van der Waals surface area contributed by atoms with Crippen LogP contribution in [0.3, 0.4) is 0 Å². The zero-order valence-corrected chi connectivity index (χ0v) is 41.7. The van der Waals surface area contributed by atoms with Crippen molar-refractivity contribution in [1.82, 2.24) is 57.1 Å². The van der Waals surface area contributed by atoms with Crippen LogP contribution in [0, 0.1) is 0 Å². The van der Waals surface area contributed by atoms with Crippen LogP contribution < -0.4 is 54.4 Å². The second-order valence-corrected chi connectivity index (χ2v) is 18.2. The van der Waals surface area contributed by atoms with Crippen molar-refractivity contribution in [2.45, 2.75) is 121 Å². The van der Waals surface area contributed by atoms with Gasteiger partial charge >= 0.3 is 0 Å². The van der Waals surface area contributed by atoms with E-state index < -0.39 is 103 Å². The van der Waals surface area contributed by atoms with E-state index in [9.17, 15) is 43.2 Å². The average Bonchev–Trinajstić information content (AvgIpc) is 4.04. The summed E-state index contributed by atoms with van der Waals surface area (Å²) in [6, 6.07) is 8.31. The minimum Gasteiger partial charge on any atom is -0.370 e. The van der Waals surface area contributed by atoms with Gasteiger partial charge in [-0.25, -0.2) is 4.98 Å². The van der Waals surface area contributed by atoms with Crippen LogP contribution in [0.15, 0.2) is 78.3 Å². The molecule has 0 bridgehead atoms. The largest absolute Gasteiger partial charge is 0.370 e. The van der Waals surface area contributed by atoms with Crippen LogP contribution >= 0.6 is 0 Å². The summed E-state index contributed by atoms with van der Waals surface area (Å²) in [7, 11) is 0. The Bertz CT molecular complexity index is 2580. The van der Waals surface area contributed by atoms with Gasteiger partial charge in [0.15, 0.2) is 5.96 Å². The lowest BCUT2D eigenvalue weighted by molar-refractivity contribution is -0.142. The van der Waals surface area contributed by atoms with E-state index in [4.69, 9.17) is 17.2 Å². The van der Waals surface area contributed by atoms with Gasteiger partial charge < -0.3 is 69.3 Å². The molecule has 24 nitrogen and oxygen atoms in total. The van der Waals surface area contributed by atoms with Crippen molar-refractivity contribution < 1.29 is 43.2 Å². The van der Waals surface area contributed by atoms with Gasteiger partial charge in [-0.1, -0.05) is 68.3 Å². The van der Waals surface area contributed by atoms with E-state index in [1.165, 1.54) is 19.4 Å². The third kappa shape index (κ3) is 18.1. The summed E-state index contributed by atoms with van der Waals surface area (Å²) >= 11 is 0. The number of unbranched alkanes of at least 4 members (excludes halogenated alkanes) is 1. The normalized spacial score (nSPS) is 20.6. The smallest absolute Gasteiger partial charge is 0.246 e. The van der Waals surface area contributed by atoms with E-state index in [-0.39, 0.29) is 76.8 Å². The lowest BCUT2D eigenvalue weighted by Crippen LogP contribution is -2.60. The van der Waals surface area contributed by atoms with Crippen LogP contribution in [0.2, 0.25) is 0 Å². The van der Waals surface area contributed by atoms with Gasteiger partial charge in [0.1, 0.15) is 49.3 Å². The number of aliphatic imine (C=N–C) groups is 1. The standard InChI is InChI=1S/C50H69N15O9/c1-3-4-16-38(59-30(2)66)49(74)65-27-42(67)55-20-11-10-18-36(44(51)69)61-47(72)40(23-32-25-57-35-17-9-8-15-34(32)35)64-45(70)37(19-12-21-56-50(52)53)62-46(71)39(22-31-13-6-5-7-14-31)63-48(73)41(60-43(68)28-65)24-33-26-54-29-58-33/h5-9,13-15,17,25-26,29,36-41,57H,3-4,10-12,16,18-24,27-28H2,1-2H3,(H2,51,69)(H,54,58)(H,55,67)(H,59,66)(H,60,68)(H,61,72)(H,62,71)(H,63,73)(H,64,70)(H4,52,53,56)/t36-,37-,38-,39+,40-,41-/m0/s1. The number of primary amides is 1. The van der Waals surface area contributed by atoms with Crippen molar-refractivity contribution in [1.29, 1.82) is 0 Å². The fourth-order valence-electron chi connectivity index (χ4n) is 8.45. The number of amides is 9. The number of nitrogens with one attached hydrogen (secondary N) is 9. The number of para-hydroxylation sites is 1. The molecule has 1 aliphatic rings. The Kier molecular flexibility index (Phi) is 21.9. The molecule has 6 atom stereocenters. The lowest BCUT2D eigenvalue weighted by atomic mass is 10.0. The number of rotatable bonds is 16. The van der Waals surface area contributed by atoms with Crippen molar-refractivity contribution in [2.75, 3.05) is 26.2 Å². The number of nitrogens with zero attached hydrogens (tertiary/aromatic N) is 3. The molecule has 2 aromatic carbocycles. The maximum atomic E-state index is 14.7. The van der Waals surface area contributed by atoms with Gasteiger partial charge in [-0.05, 0) is 55.7 Å². The lowest BCUT2D eigenvalue weighted by Gasteiger charge is -2.29.